The van der Waals surface area contributed by atoms with Crippen molar-refractivity contribution in [3.8, 4) is 0 Å². The molecule has 2 heterocycles. The molecule has 0 spiro atoms. The number of hydrogen-bond acceptors (Lipinski definition) is 3. The van der Waals surface area contributed by atoms with Gasteiger partial charge in [0.05, 0.1) is 5.97 Å². The number of carbonyl (C=O) groups excluding carboxylic acids is 1. The van der Waals surface area contributed by atoms with Crippen molar-refractivity contribution in [1.29, 1.82) is 0 Å². The summed E-state index contributed by atoms with van der Waals surface area (Å²) >= 11 is 0. The third-order valence-electron chi connectivity index (χ3n) is 2.02. The van der Waals surface area contributed by atoms with E-state index in [-0.39, 0.29) is 57.0 Å². The molecule has 3 nitrogen and oxygen atoms in total. The summed E-state index contributed by atoms with van der Waals surface area (Å²) in [5.41, 5.74) is 1.15. The Morgan fingerprint density at radius 3 is 2.93 bits per heavy atom. The van der Waals surface area contributed by atoms with Crippen molar-refractivity contribution in [1.82, 2.24) is 4.90 Å². The van der Waals surface area contributed by atoms with Crippen molar-refractivity contribution in [2.75, 3.05) is 6.54 Å². The van der Waals surface area contributed by atoms with E-state index in [1.54, 1.807) is 12.2 Å². The van der Waals surface area contributed by atoms with Crippen LogP contribution in [0.5, 0.6) is 0 Å². The van der Waals surface area contributed by atoms with E-state index in [9.17, 15) is 9.90 Å². The summed E-state index contributed by atoms with van der Waals surface area (Å²) in [6, 6.07) is 0. The first-order valence-corrected chi connectivity index (χ1v) is 4.02. The van der Waals surface area contributed by atoms with E-state index in [0.29, 0.717) is 6.54 Å². The zero-order valence-corrected chi connectivity index (χ0v) is 11.1. The van der Waals surface area contributed by atoms with Crippen LogP contribution in [0.1, 0.15) is 0 Å². The Morgan fingerprint density at radius 1 is 1.43 bits per heavy atom. The zero-order valence-electron chi connectivity index (χ0n) is 7.93. The molecule has 66 valence electrons. The van der Waals surface area contributed by atoms with Gasteiger partial charge in [0, 0.05) is 18.4 Å². The van der Waals surface area contributed by atoms with Crippen molar-refractivity contribution in [3.05, 3.63) is 47.9 Å². The Labute approximate surface area is 125 Å². The molecule has 14 heavy (non-hydrogen) atoms. The van der Waals surface area contributed by atoms with Crippen LogP contribution in [-0.2, 0) is 4.79 Å². The maximum absolute atomic E-state index is 10.5. The van der Waals surface area contributed by atoms with Crippen molar-refractivity contribution >= 4 is 5.97 Å². The molecule has 0 fully saturated rings. The fourth-order valence-corrected chi connectivity index (χ4v) is 1.34. The predicted octanol–water partition coefficient (Wildman–Crippen LogP) is -3.05. The van der Waals surface area contributed by atoms with E-state index in [4.69, 9.17) is 0 Å². The van der Waals surface area contributed by atoms with E-state index in [1.165, 1.54) is 0 Å². The van der Waals surface area contributed by atoms with Crippen LogP contribution < -0.4 is 56.5 Å². The molecule has 0 unspecified atom stereocenters. The molecule has 0 amide bonds. The fourth-order valence-electron chi connectivity index (χ4n) is 1.34. The number of carboxylic acids is 1. The van der Waals surface area contributed by atoms with Crippen molar-refractivity contribution < 1.29 is 61.3 Å². The van der Waals surface area contributed by atoms with Crippen LogP contribution in [0, 0.1) is 0 Å². The first kappa shape index (κ1) is 11.9. The van der Waals surface area contributed by atoms with Crippen LogP contribution in [0.4, 0.5) is 0 Å². The topological polar surface area (TPSA) is 43.4 Å². The maximum atomic E-state index is 10.5. The maximum Gasteiger partial charge on any atom is 1.00 e. The second-order valence-corrected chi connectivity index (χ2v) is 2.87. The van der Waals surface area contributed by atoms with E-state index in [2.05, 4.69) is 0 Å². The van der Waals surface area contributed by atoms with Gasteiger partial charge in [-0.25, -0.2) is 0 Å². The van der Waals surface area contributed by atoms with Crippen LogP contribution in [-0.4, -0.2) is 17.4 Å². The van der Waals surface area contributed by atoms with Crippen LogP contribution in [0.25, 0.3) is 0 Å². The average molecular weight is 213 g/mol. The van der Waals surface area contributed by atoms with Gasteiger partial charge in [0.15, 0.2) is 0 Å². The number of carboxylic acid groups (broad SMARTS) is 1. The Hall–Kier alpha value is -0.134. The minimum absolute atomic E-state index is 0. The van der Waals surface area contributed by atoms with Crippen molar-refractivity contribution in [3.63, 3.8) is 0 Å². The molecule has 0 atom stereocenters. The van der Waals surface area contributed by atoms with Gasteiger partial charge in [0.1, 0.15) is 0 Å². The van der Waals surface area contributed by atoms with Gasteiger partial charge < -0.3 is 14.8 Å². The molecule has 0 radical (unpaired) electrons. The number of hydrogen-bond donors (Lipinski definition) is 0. The monoisotopic (exact) mass is 213 g/mol. The van der Waals surface area contributed by atoms with E-state index in [0.717, 1.165) is 5.70 Å². The molecular weight excluding hydrogens is 205 g/mol. The van der Waals surface area contributed by atoms with Crippen LogP contribution in [0.15, 0.2) is 47.9 Å². The first-order chi connectivity index (χ1) is 6.27. The summed E-state index contributed by atoms with van der Waals surface area (Å²) in [6.07, 6.45) is 10.8. The van der Waals surface area contributed by atoms with Gasteiger partial charge in [-0.15, -0.1) is 0 Å². The normalized spacial score (nSPS) is 17.9. The third kappa shape index (κ3) is 2.46. The van der Waals surface area contributed by atoms with E-state index < -0.39 is 5.97 Å². The molecule has 0 aliphatic carbocycles. The molecular formula is C10H8KNO2. The molecule has 2 rings (SSSR count). The molecule has 2 aliphatic rings. The van der Waals surface area contributed by atoms with Gasteiger partial charge in [0.25, 0.3) is 0 Å². The number of fused-ring (bicyclic) bond motifs is 1. The SMILES string of the molecule is O=C([O-])C1=CCN2C=CC=CC2=C1.[K+]. The molecule has 0 aromatic heterocycles. The average Bonchev–Trinajstić information content (AvgIpc) is 2.17. The Kier molecular flexibility index (Phi) is 4.34. The summed E-state index contributed by atoms with van der Waals surface area (Å²) < 4.78 is 0. The smallest absolute Gasteiger partial charge is 0.545 e. The molecule has 2 aliphatic heterocycles. The van der Waals surface area contributed by atoms with Crippen molar-refractivity contribution in [2.45, 2.75) is 0 Å². The minimum Gasteiger partial charge on any atom is -0.545 e. The number of rotatable bonds is 1. The molecule has 0 saturated carbocycles. The summed E-state index contributed by atoms with van der Waals surface area (Å²) in [7, 11) is 0. The second-order valence-electron chi connectivity index (χ2n) is 2.87. The van der Waals surface area contributed by atoms with Gasteiger partial charge in [-0.2, -0.15) is 0 Å². The molecule has 0 aromatic carbocycles. The van der Waals surface area contributed by atoms with Gasteiger partial charge >= 0.3 is 51.4 Å². The van der Waals surface area contributed by atoms with Crippen molar-refractivity contribution in [2.24, 2.45) is 0 Å². The Bertz CT molecular complexity index is 366. The number of carbonyl (C=O) groups is 1. The molecule has 0 aromatic rings. The fraction of sp³-hybridized carbons (Fsp3) is 0.100. The van der Waals surface area contributed by atoms with Gasteiger partial charge in [-0.3, -0.25) is 0 Å². The summed E-state index contributed by atoms with van der Waals surface area (Å²) in [4.78, 5) is 12.5. The number of allylic oxidation sites excluding steroid dienone is 3. The third-order valence-corrected chi connectivity index (χ3v) is 2.02. The zero-order chi connectivity index (χ0) is 9.26. The summed E-state index contributed by atoms with van der Waals surface area (Å²) in [5, 5.41) is 10.5. The van der Waals surface area contributed by atoms with Crippen LogP contribution >= 0.6 is 0 Å². The standard InChI is InChI=1S/C10H9NO2.K/c12-10(13)8-4-6-11-5-2-1-3-9(11)7-8;/h1-5,7H,6H2,(H,12,13);/q;+1/p-1. The summed E-state index contributed by atoms with van der Waals surface area (Å²) in [6.45, 7) is 0.593. The van der Waals surface area contributed by atoms with Gasteiger partial charge in [0.2, 0.25) is 0 Å². The molecule has 0 saturated heterocycles. The Balaban J connectivity index is 0.000000980. The van der Waals surface area contributed by atoms with Crippen LogP contribution in [0.2, 0.25) is 0 Å². The van der Waals surface area contributed by atoms with Gasteiger partial charge in [-0.05, 0) is 23.8 Å². The number of aliphatic carboxylic acids is 1. The predicted molar refractivity (Wildman–Crippen MR) is 46.2 cm³/mol. The number of nitrogens with zero attached hydrogens (tertiary/aromatic N) is 1. The minimum atomic E-state index is -1.12. The first-order valence-electron chi connectivity index (χ1n) is 4.02. The van der Waals surface area contributed by atoms with E-state index >= 15 is 0 Å². The van der Waals surface area contributed by atoms with Gasteiger partial charge in [-0.1, -0.05) is 12.2 Å². The molecule has 0 bridgehead atoms. The largest absolute Gasteiger partial charge is 1.00 e. The quantitative estimate of drug-likeness (QED) is 0.435. The van der Waals surface area contributed by atoms with E-state index in [1.807, 2.05) is 29.3 Å². The summed E-state index contributed by atoms with van der Waals surface area (Å²) in [5.74, 6) is -1.12. The molecule has 4 heteroatoms. The second kappa shape index (κ2) is 5.09. The molecule has 0 N–H and O–H groups in total. The van der Waals surface area contributed by atoms with Crippen LogP contribution in [0.3, 0.4) is 0 Å². The Morgan fingerprint density at radius 2 is 2.21 bits per heavy atom.